The van der Waals surface area contributed by atoms with Gasteiger partial charge in [-0.3, -0.25) is 0 Å². The van der Waals surface area contributed by atoms with E-state index in [0.29, 0.717) is 8.58 Å². The minimum atomic E-state index is -4.26. The first kappa shape index (κ1) is 13.1. The van der Waals surface area contributed by atoms with Crippen LogP contribution in [-0.2, 0) is 6.18 Å². The van der Waals surface area contributed by atoms with E-state index in [1.54, 1.807) is 12.1 Å². The summed E-state index contributed by atoms with van der Waals surface area (Å²) in [7, 11) is 0.386. The molecule has 1 atom stereocenters. The number of aryl methyl sites for hydroxylation is 1. The fraction of sp³-hybridized carbons (Fsp3) is 0.143. The molecule has 0 aliphatic carbocycles. The Labute approximate surface area is 106 Å². The zero-order valence-electron chi connectivity index (χ0n) is 9.75. The first-order valence-electron chi connectivity index (χ1n) is 5.46. The van der Waals surface area contributed by atoms with Crippen LogP contribution in [0, 0.1) is 6.92 Å². The summed E-state index contributed by atoms with van der Waals surface area (Å²) in [6.07, 6.45) is -4.26. The minimum absolute atomic E-state index is 0.386. The molecule has 2 aromatic rings. The van der Waals surface area contributed by atoms with Gasteiger partial charge >= 0.3 is 6.18 Å². The lowest BCUT2D eigenvalue weighted by atomic mass is 10.2. The van der Waals surface area contributed by atoms with E-state index in [0.717, 1.165) is 22.7 Å². The number of rotatable bonds is 2. The van der Waals surface area contributed by atoms with Crippen LogP contribution in [0.3, 0.4) is 0 Å². The Balaban J connectivity index is 2.13. The Hall–Kier alpha value is -1.34. The second-order valence-electron chi connectivity index (χ2n) is 4.07. The van der Waals surface area contributed by atoms with Gasteiger partial charge in [-0.15, -0.1) is 0 Å². The van der Waals surface area contributed by atoms with Crippen molar-refractivity contribution in [2.45, 2.75) is 13.1 Å². The van der Waals surface area contributed by atoms with Gasteiger partial charge in [-0.05, 0) is 29.7 Å². The highest BCUT2D eigenvalue weighted by atomic mass is 31.1. The Bertz CT molecular complexity index is 512. The van der Waals surface area contributed by atoms with Gasteiger partial charge in [0.1, 0.15) is 0 Å². The van der Waals surface area contributed by atoms with E-state index in [2.05, 4.69) is 0 Å². The minimum Gasteiger partial charge on any atom is -0.166 e. The number of hydrogen-bond acceptors (Lipinski definition) is 0. The van der Waals surface area contributed by atoms with Crippen LogP contribution in [0.2, 0.25) is 0 Å². The average Bonchev–Trinajstić information content (AvgIpc) is 2.32. The molecule has 0 bridgehead atoms. The van der Waals surface area contributed by atoms with Crippen LogP contribution in [0.25, 0.3) is 0 Å². The van der Waals surface area contributed by atoms with Gasteiger partial charge in [0.2, 0.25) is 0 Å². The summed E-state index contributed by atoms with van der Waals surface area (Å²) in [5.41, 5.74) is 0.580. The lowest BCUT2D eigenvalue weighted by Crippen LogP contribution is -2.08. The van der Waals surface area contributed by atoms with Gasteiger partial charge in [0.05, 0.1) is 5.56 Å². The van der Waals surface area contributed by atoms with Gasteiger partial charge in [-0.25, -0.2) is 0 Å². The Morgan fingerprint density at radius 3 is 1.67 bits per heavy atom. The maximum absolute atomic E-state index is 12.4. The second kappa shape index (κ2) is 5.11. The van der Waals surface area contributed by atoms with Crippen molar-refractivity contribution in [1.82, 2.24) is 0 Å². The second-order valence-corrected chi connectivity index (χ2v) is 5.47. The van der Waals surface area contributed by atoms with Crippen LogP contribution in [0.5, 0.6) is 0 Å². The Morgan fingerprint density at radius 1 is 0.778 bits per heavy atom. The van der Waals surface area contributed by atoms with Crippen molar-refractivity contribution in [2.24, 2.45) is 0 Å². The molecule has 94 valence electrons. The van der Waals surface area contributed by atoms with E-state index in [1.165, 1.54) is 5.56 Å². The third-order valence-electron chi connectivity index (χ3n) is 2.55. The van der Waals surface area contributed by atoms with E-state index < -0.39 is 11.7 Å². The molecule has 1 unspecified atom stereocenters. The summed E-state index contributed by atoms with van der Waals surface area (Å²) in [5, 5.41) is 2.03. The first-order chi connectivity index (χ1) is 8.45. The molecule has 0 radical (unpaired) electrons. The molecule has 0 aliphatic heterocycles. The van der Waals surface area contributed by atoms with Gasteiger partial charge in [0.15, 0.2) is 0 Å². The lowest BCUT2D eigenvalue weighted by Gasteiger charge is -2.08. The maximum atomic E-state index is 12.4. The fourth-order valence-electron chi connectivity index (χ4n) is 1.55. The van der Waals surface area contributed by atoms with Crippen molar-refractivity contribution in [3.63, 3.8) is 0 Å². The molecule has 0 fully saturated rings. The van der Waals surface area contributed by atoms with Gasteiger partial charge in [-0.2, -0.15) is 13.2 Å². The standard InChI is InChI=1S/C14H12F3P/c1-10-2-6-12(7-3-10)18-13-8-4-11(5-9-13)14(15,16)17/h2-9,18H,1H3. The molecule has 0 saturated carbocycles. The Kier molecular flexibility index (Phi) is 3.72. The number of alkyl halides is 3. The molecule has 0 saturated heterocycles. The van der Waals surface area contributed by atoms with E-state index in [4.69, 9.17) is 0 Å². The van der Waals surface area contributed by atoms with Crippen LogP contribution in [0.15, 0.2) is 48.5 Å². The summed E-state index contributed by atoms with van der Waals surface area (Å²) < 4.78 is 37.2. The molecular formula is C14H12F3P. The molecule has 0 aliphatic rings. The van der Waals surface area contributed by atoms with Gasteiger partial charge in [-0.1, -0.05) is 50.5 Å². The average molecular weight is 268 g/mol. The van der Waals surface area contributed by atoms with Crippen molar-refractivity contribution in [3.05, 3.63) is 59.7 Å². The number of halogens is 3. The summed E-state index contributed by atoms with van der Waals surface area (Å²) in [5.74, 6) is 0. The van der Waals surface area contributed by atoms with Crippen molar-refractivity contribution in [2.75, 3.05) is 0 Å². The predicted octanol–water partition coefficient (Wildman–Crippen LogP) is 3.64. The summed E-state index contributed by atoms with van der Waals surface area (Å²) in [4.78, 5) is 0. The van der Waals surface area contributed by atoms with E-state index in [1.807, 2.05) is 31.2 Å². The largest absolute Gasteiger partial charge is 0.416 e. The molecule has 2 rings (SSSR count). The molecule has 18 heavy (non-hydrogen) atoms. The van der Waals surface area contributed by atoms with Gasteiger partial charge < -0.3 is 0 Å². The van der Waals surface area contributed by atoms with Crippen LogP contribution < -0.4 is 10.6 Å². The van der Waals surface area contributed by atoms with Crippen LogP contribution in [0.1, 0.15) is 11.1 Å². The fourth-order valence-corrected chi connectivity index (χ4v) is 2.55. The van der Waals surface area contributed by atoms with E-state index in [-0.39, 0.29) is 0 Å². The first-order valence-corrected chi connectivity index (χ1v) is 6.46. The molecule has 4 heteroatoms. The molecule has 0 spiro atoms. The Morgan fingerprint density at radius 2 is 1.22 bits per heavy atom. The molecule has 0 nitrogen and oxygen atoms in total. The summed E-state index contributed by atoms with van der Waals surface area (Å²) in [6, 6.07) is 13.4. The molecular weight excluding hydrogens is 256 g/mol. The van der Waals surface area contributed by atoms with E-state index in [9.17, 15) is 13.2 Å². The van der Waals surface area contributed by atoms with Crippen LogP contribution >= 0.6 is 8.58 Å². The molecule has 0 heterocycles. The van der Waals surface area contributed by atoms with Crippen LogP contribution in [-0.4, -0.2) is 0 Å². The highest BCUT2D eigenvalue weighted by molar-refractivity contribution is 7.55. The third kappa shape index (κ3) is 3.33. The highest BCUT2D eigenvalue weighted by Gasteiger charge is 2.29. The number of hydrogen-bond donors (Lipinski definition) is 0. The van der Waals surface area contributed by atoms with Crippen molar-refractivity contribution in [1.29, 1.82) is 0 Å². The third-order valence-corrected chi connectivity index (χ3v) is 3.80. The summed E-state index contributed by atoms with van der Waals surface area (Å²) in [6.45, 7) is 2.00. The van der Waals surface area contributed by atoms with E-state index >= 15 is 0 Å². The number of benzene rings is 2. The van der Waals surface area contributed by atoms with Gasteiger partial charge in [0.25, 0.3) is 0 Å². The van der Waals surface area contributed by atoms with Crippen molar-refractivity contribution >= 4 is 19.2 Å². The van der Waals surface area contributed by atoms with Crippen LogP contribution in [0.4, 0.5) is 13.2 Å². The molecule has 0 N–H and O–H groups in total. The normalized spacial score (nSPS) is 12.2. The molecule has 0 amide bonds. The predicted molar refractivity (Wildman–Crippen MR) is 70.2 cm³/mol. The SMILES string of the molecule is Cc1ccc(Pc2ccc(C(F)(F)F)cc2)cc1. The highest BCUT2D eigenvalue weighted by Crippen LogP contribution is 2.28. The van der Waals surface area contributed by atoms with Crippen molar-refractivity contribution < 1.29 is 13.2 Å². The molecule has 2 aromatic carbocycles. The molecule has 0 aromatic heterocycles. The zero-order chi connectivity index (χ0) is 13.2. The lowest BCUT2D eigenvalue weighted by molar-refractivity contribution is -0.137. The monoisotopic (exact) mass is 268 g/mol. The van der Waals surface area contributed by atoms with Crippen molar-refractivity contribution in [3.8, 4) is 0 Å². The smallest absolute Gasteiger partial charge is 0.166 e. The topological polar surface area (TPSA) is 0 Å². The van der Waals surface area contributed by atoms with Gasteiger partial charge in [0, 0.05) is 0 Å². The maximum Gasteiger partial charge on any atom is 0.416 e. The summed E-state index contributed by atoms with van der Waals surface area (Å²) >= 11 is 0. The quantitative estimate of drug-likeness (QED) is 0.729. The zero-order valence-corrected chi connectivity index (χ0v) is 10.8.